The Bertz CT molecular complexity index is 899. The number of hydrogen-bond acceptors (Lipinski definition) is 2. The summed E-state index contributed by atoms with van der Waals surface area (Å²) in [7, 11) is 0. The van der Waals surface area contributed by atoms with Gasteiger partial charge in [-0.2, -0.15) is 13.2 Å². The lowest BCUT2D eigenvalue weighted by Gasteiger charge is -2.32. The lowest BCUT2D eigenvalue weighted by Crippen LogP contribution is -2.46. The number of alkyl halides is 3. The van der Waals surface area contributed by atoms with Crippen molar-refractivity contribution in [3.05, 3.63) is 70.3 Å². The molecule has 2 amide bonds. The molecule has 1 heterocycles. The van der Waals surface area contributed by atoms with Crippen molar-refractivity contribution in [3.63, 3.8) is 0 Å². The van der Waals surface area contributed by atoms with Crippen LogP contribution < -0.4 is 5.32 Å². The van der Waals surface area contributed by atoms with Crippen molar-refractivity contribution < 1.29 is 22.8 Å². The van der Waals surface area contributed by atoms with Crippen molar-refractivity contribution in [2.45, 2.75) is 38.9 Å². The minimum absolute atomic E-state index is 0.0272. The minimum Gasteiger partial charge on any atom is -0.349 e. The van der Waals surface area contributed by atoms with Gasteiger partial charge in [0.2, 0.25) is 0 Å². The zero-order valence-corrected chi connectivity index (χ0v) is 16.3. The van der Waals surface area contributed by atoms with Gasteiger partial charge in [-0.15, -0.1) is 0 Å². The molecule has 3 rings (SSSR count). The largest absolute Gasteiger partial charge is 0.416 e. The fraction of sp³-hybridized carbons (Fsp3) is 0.364. The fourth-order valence-electron chi connectivity index (χ4n) is 3.36. The van der Waals surface area contributed by atoms with Gasteiger partial charge in [0.25, 0.3) is 11.8 Å². The zero-order valence-electron chi connectivity index (χ0n) is 16.3. The number of amides is 2. The van der Waals surface area contributed by atoms with E-state index in [2.05, 4.69) is 5.32 Å². The molecule has 0 spiro atoms. The molecular formula is C22H23F3N2O2. The first kappa shape index (κ1) is 20.9. The van der Waals surface area contributed by atoms with Crippen LogP contribution in [0.15, 0.2) is 42.5 Å². The summed E-state index contributed by atoms with van der Waals surface area (Å²) >= 11 is 0. The molecule has 0 bridgehead atoms. The molecule has 0 unspecified atom stereocenters. The van der Waals surface area contributed by atoms with E-state index in [1.807, 2.05) is 32.0 Å². The molecule has 0 atom stereocenters. The van der Waals surface area contributed by atoms with Crippen LogP contribution in [0.3, 0.4) is 0 Å². The van der Waals surface area contributed by atoms with Gasteiger partial charge in [-0.3, -0.25) is 9.59 Å². The zero-order chi connectivity index (χ0) is 21.2. The summed E-state index contributed by atoms with van der Waals surface area (Å²) in [5.74, 6) is -0.432. The predicted octanol–water partition coefficient (Wildman–Crippen LogP) is 4.36. The van der Waals surface area contributed by atoms with Crippen LogP contribution in [0.1, 0.15) is 50.2 Å². The van der Waals surface area contributed by atoms with Gasteiger partial charge in [-0.25, -0.2) is 0 Å². The summed E-state index contributed by atoms with van der Waals surface area (Å²) in [4.78, 5) is 26.7. The topological polar surface area (TPSA) is 49.4 Å². The average Bonchev–Trinajstić information content (AvgIpc) is 2.69. The lowest BCUT2D eigenvalue weighted by molar-refractivity contribution is -0.137. The fourth-order valence-corrected chi connectivity index (χ4v) is 3.36. The molecule has 0 radical (unpaired) electrons. The van der Waals surface area contributed by atoms with Crippen LogP contribution in [0.25, 0.3) is 0 Å². The van der Waals surface area contributed by atoms with Gasteiger partial charge in [0.1, 0.15) is 0 Å². The van der Waals surface area contributed by atoms with Crippen molar-refractivity contribution in [1.82, 2.24) is 10.2 Å². The minimum atomic E-state index is -4.43. The number of benzene rings is 2. The number of carbonyl (C=O) groups is 2. The number of hydrogen-bond donors (Lipinski definition) is 1. The second kappa shape index (κ2) is 8.27. The SMILES string of the molecule is Cc1ccc(C(=O)N2CCC(NC(=O)c3ccc(C(F)(F)F)cc3)CC2)cc1C. The van der Waals surface area contributed by atoms with Crippen molar-refractivity contribution in [2.24, 2.45) is 0 Å². The van der Waals surface area contributed by atoms with Crippen LogP contribution in [0, 0.1) is 13.8 Å². The van der Waals surface area contributed by atoms with Crippen LogP contribution in [-0.4, -0.2) is 35.8 Å². The molecule has 1 N–H and O–H groups in total. The first-order chi connectivity index (χ1) is 13.6. The number of aryl methyl sites for hydroxylation is 2. The Kier molecular flexibility index (Phi) is 5.96. The maximum atomic E-state index is 12.7. The molecule has 0 saturated carbocycles. The van der Waals surface area contributed by atoms with E-state index in [1.54, 1.807) is 4.90 Å². The summed E-state index contributed by atoms with van der Waals surface area (Å²) in [6.45, 7) is 5.00. The molecule has 4 nitrogen and oxygen atoms in total. The summed E-state index contributed by atoms with van der Waals surface area (Å²) < 4.78 is 37.9. The Morgan fingerprint density at radius 3 is 2.07 bits per heavy atom. The first-order valence-electron chi connectivity index (χ1n) is 9.50. The van der Waals surface area contributed by atoms with Crippen molar-refractivity contribution in [2.75, 3.05) is 13.1 Å². The quantitative estimate of drug-likeness (QED) is 0.827. The van der Waals surface area contributed by atoms with Crippen LogP contribution in [0.2, 0.25) is 0 Å². The normalized spacial score (nSPS) is 15.3. The Hall–Kier alpha value is -2.83. The molecular weight excluding hydrogens is 381 g/mol. The molecule has 154 valence electrons. The van der Waals surface area contributed by atoms with E-state index in [0.29, 0.717) is 31.5 Å². The Morgan fingerprint density at radius 1 is 0.931 bits per heavy atom. The molecule has 1 fully saturated rings. The number of piperidine rings is 1. The highest BCUT2D eigenvalue weighted by Gasteiger charge is 2.30. The monoisotopic (exact) mass is 404 g/mol. The van der Waals surface area contributed by atoms with E-state index in [0.717, 1.165) is 23.3 Å². The van der Waals surface area contributed by atoms with E-state index >= 15 is 0 Å². The predicted molar refractivity (Wildman–Crippen MR) is 104 cm³/mol. The van der Waals surface area contributed by atoms with Gasteiger partial charge in [-0.1, -0.05) is 6.07 Å². The van der Waals surface area contributed by atoms with Crippen molar-refractivity contribution in [1.29, 1.82) is 0 Å². The number of nitrogens with one attached hydrogen (secondary N) is 1. The summed E-state index contributed by atoms with van der Waals surface area (Å²) in [5.41, 5.74) is 2.25. The highest BCUT2D eigenvalue weighted by atomic mass is 19.4. The number of halogens is 3. The molecule has 1 aliphatic heterocycles. The molecule has 1 saturated heterocycles. The number of rotatable bonds is 3. The van der Waals surface area contributed by atoms with E-state index in [1.165, 1.54) is 12.1 Å². The Labute approximate surface area is 167 Å². The van der Waals surface area contributed by atoms with Crippen LogP contribution >= 0.6 is 0 Å². The summed E-state index contributed by atoms with van der Waals surface area (Å²) in [6, 6.07) is 9.68. The lowest BCUT2D eigenvalue weighted by atomic mass is 10.0. The molecule has 2 aromatic rings. The maximum absolute atomic E-state index is 12.7. The highest BCUT2D eigenvalue weighted by molar-refractivity contribution is 5.95. The Balaban J connectivity index is 1.54. The first-order valence-corrected chi connectivity index (χ1v) is 9.50. The second-order valence-electron chi connectivity index (χ2n) is 7.41. The van der Waals surface area contributed by atoms with Crippen LogP contribution in [0.4, 0.5) is 13.2 Å². The van der Waals surface area contributed by atoms with E-state index < -0.39 is 17.6 Å². The van der Waals surface area contributed by atoms with Gasteiger partial charge in [0, 0.05) is 30.3 Å². The van der Waals surface area contributed by atoms with Crippen LogP contribution in [0.5, 0.6) is 0 Å². The molecule has 7 heteroatoms. The standard InChI is InChI=1S/C22H23F3N2O2/c1-14-3-4-17(13-15(14)2)21(29)27-11-9-19(10-12-27)26-20(28)16-5-7-18(8-6-16)22(23,24)25/h3-8,13,19H,9-12H2,1-2H3,(H,26,28). The van der Waals surface area contributed by atoms with Gasteiger partial charge < -0.3 is 10.2 Å². The van der Waals surface area contributed by atoms with Crippen molar-refractivity contribution >= 4 is 11.8 Å². The third-order valence-electron chi connectivity index (χ3n) is 5.35. The highest BCUT2D eigenvalue weighted by Crippen LogP contribution is 2.29. The van der Waals surface area contributed by atoms with Gasteiger partial charge >= 0.3 is 6.18 Å². The third kappa shape index (κ3) is 4.96. The Morgan fingerprint density at radius 2 is 1.52 bits per heavy atom. The number of nitrogens with zero attached hydrogens (tertiary/aromatic N) is 1. The summed E-state index contributed by atoms with van der Waals surface area (Å²) in [5, 5.41) is 2.85. The number of carbonyl (C=O) groups excluding carboxylic acids is 2. The van der Waals surface area contributed by atoms with Gasteiger partial charge in [-0.05, 0) is 74.2 Å². The molecule has 29 heavy (non-hydrogen) atoms. The van der Waals surface area contributed by atoms with E-state index in [4.69, 9.17) is 0 Å². The third-order valence-corrected chi connectivity index (χ3v) is 5.35. The maximum Gasteiger partial charge on any atom is 0.416 e. The molecule has 1 aliphatic rings. The molecule has 0 aliphatic carbocycles. The summed E-state index contributed by atoms with van der Waals surface area (Å²) in [6.07, 6.45) is -3.23. The number of likely N-dealkylation sites (tertiary alicyclic amines) is 1. The average molecular weight is 404 g/mol. The molecule has 0 aromatic heterocycles. The van der Waals surface area contributed by atoms with Gasteiger partial charge in [0.15, 0.2) is 0 Å². The molecule has 2 aromatic carbocycles. The van der Waals surface area contributed by atoms with Gasteiger partial charge in [0.05, 0.1) is 5.56 Å². The van der Waals surface area contributed by atoms with Crippen LogP contribution in [-0.2, 0) is 6.18 Å². The van der Waals surface area contributed by atoms with Crippen molar-refractivity contribution in [3.8, 4) is 0 Å². The second-order valence-corrected chi connectivity index (χ2v) is 7.41. The van der Waals surface area contributed by atoms with E-state index in [-0.39, 0.29) is 17.5 Å². The van der Waals surface area contributed by atoms with E-state index in [9.17, 15) is 22.8 Å². The smallest absolute Gasteiger partial charge is 0.349 e.